The minimum Gasteiger partial charge on any atom is -0.508 e. The predicted molar refractivity (Wildman–Crippen MR) is 152 cm³/mol. The molecule has 1 fully saturated rings. The Morgan fingerprint density at radius 2 is 1.58 bits per heavy atom. The van der Waals surface area contributed by atoms with Gasteiger partial charge in [-0.05, 0) is 115 Å². The van der Waals surface area contributed by atoms with Gasteiger partial charge in [-0.25, -0.2) is 0 Å². The van der Waals surface area contributed by atoms with Gasteiger partial charge in [-0.2, -0.15) is 0 Å². The van der Waals surface area contributed by atoms with Gasteiger partial charge in [-0.1, -0.05) is 12.1 Å². The molecule has 0 radical (unpaired) electrons. The molecule has 0 aliphatic carbocycles. The van der Waals surface area contributed by atoms with Gasteiger partial charge in [0.1, 0.15) is 23.9 Å². The van der Waals surface area contributed by atoms with Crippen LogP contribution in [0.5, 0.6) is 17.2 Å². The van der Waals surface area contributed by atoms with Crippen LogP contribution < -0.4 is 9.47 Å². The number of benzene rings is 3. The molecule has 0 amide bonds. The van der Waals surface area contributed by atoms with E-state index in [4.69, 9.17) is 14.6 Å². The first kappa shape index (κ1) is 26.1. The van der Waals surface area contributed by atoms with E-state index in [1.54, 1.807) is 17.4 Å². The largest absolute Gasteiger partial charge is 0.508 e. The van der Waals surface area contributed by atoms with Crippen molar-refractivity contribution < 1.29 is 24.5 Å². The van der Waals surface area contributed by atoms with Crippen LogP contribution in [0.25, 0.3) is 20.5 Å². The second-order valence-corrected chi connectivity index (χ2v) is 10.7. The van der Waals surface area contributed by atoms with Gasteiger partial charge in [0.05, 0.1) is 6.61 Å². The van der Waals surface area contributed by atoms with Crippen molar-refractivity contribution >= 4 is 27.4 Å². The highest BCUT2D eigenvalue weighted by molar-refractivity contribution is 7.22. The molecule has 7 heteroatoms. The van der Waals surface area contributed by atoms with Crippen molar-refractivity contribution in [1.29, 1.82) is 0 Å². The quantitative estimate of drug-likeness (QED) is 0.201. The number of carboxylic acids is 1. The Kier molecular flexibility index (Phi) is 8.46. The summed E-state index contributed by atoms with van der Waals surface area (Å²) in [5.74, 6) is 1.07. The molecule has 198 valence electrons. The number of fused-ring (bicyclic) bond motifs is 1. The Bertz CT molecular complexity index is 1360. The fourth-order valence-corrected chi connectivity index (χ4v) is 6.13. The van der Waals surface area contributed by atoms with Gasteiger partial charge in [-0.15, -0.1) is 11.3 Å². The third-order valence-corrected chi connectivity index (χ3v) is 8.12. The van der Waals surface area contributed by atoms with Gasteiger partial charge in [0, 0.05) is 22.5 Å². The number of phenolic OH excluding ortho intramolecular Hbond substituents is 1. The van der Waals surface area contributed by atoms with Crippen LogP contribution in [0.1, 0.15) is 36.8 Å². The van der Waals surface area contributed by atoms with Crippen molar-refractivity contribution in [3.63, 3.8) is 0 Å². The molecule has 1 aromatic heterocycles. The fourth-order valence-electron chi connectivity index (χ4n) is 4.87. The lowest BCUT2D eigenvalue weighted by Gasteiger charge is -2.15. The number of thiophene rings is 1. The van der Waals surface area contributed by atoms with Crippen LogP contribution in [0.3, 0.4) is 0 Å². The van der Waals surface area contributed by atoms with Gasteiger partial charge in [0.25, 0.3) is 0 Å². The van der Waals surface area contributed by atoms with E-state index in [-0.39, 0.29) is 12.2 Å². The molecule has 1 aliphatic heterocycles. The Morgan fingerprint density at radius 1 is 0.895 bits per heavy atom. The van der Waals surface area contributed by atoms with Crippen LogP contribution in [-0.4, -0.2) is 53.9 Å². The number of aromatic hydroxyl groups is 1. The summed E-state index contributed by atoms with van der Waals surface area (Å²) in [6.07, 6.45) is 3.92. The number of nitrogens with zero attached hydrogens (tertiary/aromatic N) is 1. The second-order valence-electron chi connectivity index (χ2n) is 9.68. The standard InChI is InChI=1S/C31H33NO5S/c33-24-9-14-27-28(20-22-5-10-25(11-6-22)37-19-17-32-15-1-2-16-32)31(38-29(27)21-24)23-7-12-26(13-8-23)36-18-3-4-30(34)35/h5-14,21,33H,1-4,15-20H2,(H,34,35). The maximum absolute atomic E-state index is 10.7. The number of hydrogen-bond donors (Lipinski definition) is 2. The van der Waals surface area contributed by atoms with Gasteiger partial charge in [0.15, 0.2) is 0 Å². The van der Waals surface area contributed by atoms with Crippen molar-refractivity contribution in [2.24, 2.45) is 0 Å². The first-order chi connectivity index (χ1) is 18.5. The van der Waals surface area contributed by atoms with Crippen molar-refractivity contribution in [3.05, 3.63) is 77.9 Å². The molecular weight excluding hydrogens is 498 g/mol. The summed E-state index contributed by atoms with van der Waals surface area (Å²) in [6.45, 7) is 4.42. The van der Waals surface area contributed by atoms with E-state index < -0.39 is 5.97 Å². The minimum atomic E-state index is -0.813. The first-order valence-electron chi connectivity index (χ1n) is 13.2. The molecular formula is C31H33NO5S. The Labute approximate surface area is 227 Å². The summed E-state index contributed by atoms with van der Waals surface area (Å²) < 4.78 is 12.7. The van der Waals surface area contributed by atoms with E-state index >= 15 is 0 Å². The lowest BCUT2D eigenvalue weighted by molar-refractivity contribution is -0.137. The van der Waals surface area contributed by atoms with Crippen LogP contribution in [0.15, 0.2) is 66.7 Å². The molecule has 2 heterocycles. The highest BCUT2D eigenvalue weighted by atomic mass is 32.1. The first-order valence-corrected chi connectivity index (χ1v) is 14.0. The summed E-state index contributed by atoms with van der Waals surface area (Å²) in [6, 6.07) is 21.9. The molecule has 5 rings (SSSR count). The molecule has 1 aliphatic rings. The number of hydrogen-bond acceptors (Lipinski definition) is 6. The zero-order valence-corrected chi connectivity index (χ0v) is 22.2. The molecule has 1 saturated heterocycles. The maximum atomic E-state index is 10.7. The molecule has 2 N–H and O–H groups in total. The normalized spacial score (nSPS) is 13.7. The van der Waals surface area contributed by atoms with Crippen molar-refractivity contribution in [2.75, 3.05) is 32.8 Å². The minimum absolute atomic E-state index is 0.0990. The van der Waals surface area contributed by atoms with E-state index in [2.05, 4.69) is 29.2 Å². The highest BCUT2D eigenvalue weighted by Gasteiger charge is 2.16. The Morgan fingerprint density at radius 3 is 2.29 bits per heavy atom. The zero-order valence-electron chi connectivity index (χ0n) is 21.4. The van der Waals surface area contributed by atoms with Crippen molar-refractivity contribution in [1.82, 2.24) is 4.90 Å². The highest BCUT2D eigenvalue weighted by Crippen LogP contribution is 2.41. The summed E-state index contributed by atoms with van der Waals surface area (Å²) in [4.78, 5) is 14.3. The molecule has 3 aromatic carbocycles. The third kappa shape index (κ3) is 6.65. The number of phenols is 1. The predicted octanol–water partition coefficient (Wildman–Crippen LogP) is 6.58. The van der Waals surface area contributed by atoms with Crippen LogP contribution >= 0.6 is 11.3 Å². The number of rotatable bonds is 12. The van der Waals surface area contributed by atoms with E-state index in [0.717, 1.165) is 45.0 Å². The van der Waals surface area contributed by atoms with E-state index in [0.29, 0.717) is 19.6 Å². The van der Waals surface area contributed by atoms with Crippen LogP contribution in [0.4, 0.5) is 0 Å². The summed E-state index contributed by atoms with van der Waals surface area (Å²) >= 11 is 1.67. The number of ether oxygens (including phenoxy) is 2. The van der Waals surface area contributed by atoms with Crippen LogP contribution in [0, 0.1) is 0 Å². The van der Waals surface area contributed by atoms with Gasteiger partial charge in [-0.3, -0.25) is 9.69 Å². The number of likely N-dealkylation sites (tertiary alicyclic amines) is 1. The number of carboxylic acid groups (broad SMARTS) is 1. The average molecular weight is 532 g/mol. The van der Waals surface area contributed by atoms with Gasteiger partial charge < -0.3 is 19.7 Å². The lowest BCUT2D eigenvalue weighted by Crippen LogP contribution is -2.25. The summed E-state index contributed by atoms with van der Waals surface area (Å²) in [7, 11) is 0. The summed E-state index contributed by atoms with van der Waals surface area (Å²) in [5.41, 5.74) is 3.51. The monoisotopic (exact) mass is 531 g/mol. The number of aliphatic carboxylic acids is 1. The molecule has 6 nitrogen and oxygen atoms in total. The molecule has 0 unspecified atom stereocenters. The maximum Gasteiger partial charge on any atom is 0.303 e. The molecule has 0 bridgehead atoms. The molecule has 0 saturated carbocycles. The zero-order chi connectivity index (χ0) is 26.3. The van der Waals surface area contributed by atoms with E-state index in [1.165, 1.54) is 37.1 Å². The van der Waals surface area contributed by atoms with E-state index in [1.807, 2.05) is 36.4 Å². The Balaban J connectivity index is 1.30. The number of carbonyl (C=O) groups is 1. The average Bonchev–Trinajstić information content (AvgIpc) is 3.56. The molecule has 0 spiro atoms. The summed E-state index contributed by atoms with van der Waals surface area (Å²) in [5, 5.41) is 20.0. The molecule has 38 heavy (non-hydrogen) atoms. The van der Waals surface area contributed by atoms with Crippen molar-refractivity contribution in [2.45, 2.75) is 32.1 Å². The van der Waals surface area contributed by atoms with Crippen LogP contribution in [0.2, 0.25) is 0 Å². The molecule has 4 aromatic rings. The van der Waals surface area contributed by atoms with Gasteiger partial charge in [0.2, 0.25) is 0 Å². The Hall–Kier alpha value is -3.55. The smallest absolute Gasteiger partial charge is 0.303 e. The lowest BCUT2D eigenvalue weighted by atomic mass is 9.99. The topological polar surface area (TPSA) is 79.2 Å². The SMILES string of the molecule is O=C(O)CCCOc1ccc(-c2sc3cc(O)ccc3c2Cc2ccc(OCCN3CCCC3)cc2)cc1. The van der Waals surface area contributed by atoms with Gasteiger partial charge >= 0.3 is 5.97 Å². The van der Waals surface area contributed by atoms with Crippen molar-refractivity contribution in [3.8, 4) is 27.7 Å². The van der Waals surface area contributed by atoms with Crippen LogP contribution in [-0.2, 0) is 11.2 Å². The fraction of sp³-hybridized carbons (Fsp3) is 0.323. The third-order valence-electron chi connectivity index (χ3n) is 6.88. The second kappa shape index (κ2) is 12.3. The molecule has 0 atom stereocenters. The van der Waals surface area contributed by atoms with E-state index in [9.17, 15) is 9.90 Å².